The fraction of sp³-hybridized carbons (Fsp3) is 0. The fourth-order valence-corrected chi connectivity index (χ4v) is 6.81. The molecule has 0 spiro atoms. The van der Waals surface area contributed by atoms with Gasteiger partial charge in [0, 0.05) is 10.8 Å². The number of hydrogen-bond donors (Lipinski definition) is 0. The second kappa shape index (κ2) is 9.44. The highest BCUT2D eigenvalue weighted by molar-refractivity contribution is 6.24. The molecule has 9 rings (SSSR count). The first kappa shape index (κ1) is 21.1. The van der Waals surface area contributed by atoms with Crippen LogP contribution >= 0.6 is 0 Å². The zero-order valence-electron chi connectivity index (χ0n) is 26.2. The maximum atomic E-state index is 9.19. The summed E-state index contributed by atoms with van der Waals surface area (Å²) < 4.78 is 33.0. The molecule has 0 atom stereocenters. The Bertz CT molecular complexity index is 2610. The van der Waals surface area contributed by atoms with Gasteiger partial charge in [0.05, 0.1) is 4.11 Å². The Morgan fingerprint density at radius 1 is 0.419 bits per heavy atom. The van der Waals surface area contributed by atoms with E-state index < -0.39 is 0 Å². The minimum atomic E-state index is -0.139. The average molecular weight is 550 g/mol. The first-order chi connectivity index (χ1) is 22.6. The zero-order chi connectivity index (χ0) is 30.9. The van der Waals surface area contributed by atoms with Crippen molar-refractivity contribution in [2.24, 2.45) is 0 Å². The number of rotatable bonds is 3. The standard InChI is InChI=1S/C42H26O/c1-2-13-28(14-3-1)39-33-18-6-8-20-35(33)40(36-21-9-7-19-34(36)39)30-16-10-15-29(26-30)32-22-11-23-37-42(32)41-31-17-5-4-12-27(31)24-25-38(41)43-37/h1-26H/i11D,22D,23D. The molecule has 1 heterocycles. The topological polar surface area (TPSA) is 13.1 Å². The van der Waals surface area contributed by atoms with E-state index in [2.05, 4.69) is 97.1 Å². The Kier molecular flexibility index (Phi) is 4.63. The third-order valence-electron chi connectivity index (χ3n) is 8.63. The molecule has 0 N–H and O–H groups in total. The molecule has 0 aliphatic rings. The van der Waals surface area contributed by atoms with Crippen molar-refractivity contribution in [3.63, 3.8) is 0 Å². The van der Waals surface area contributed by atoms with E-state index in [0.29, 0.717) is 22.1 Å². The minimum Gasteiger partial charge on any atom is -0.456 e. The molecule has 1 aromatic heterocycles. The van der Waals surface area contributed by atoms with E-state index in [1.807, 2.05) is 42.5 Å². The SMILES string of the molecule is [2H]c1c([2H])c(-c2cccc(-c3c4ccccc4c(-c4ccccc4)c4ccccc34)c2)c2c(oc3ccc4ccccc4c32)c1[2H]. The van der Waals surface area contributed by atoms with Crippen molar-refractivity contribution < 1.29 is 8.53 Å². The lowest BCUT2D eigenvalue weighted by Crippen LogP contribution is -1.91. The van der Waals surface area contributed by atoms with Crippen molar-refractivity contribution in [2.75, 3.05) is 0 Å². The van der Waals surface area contributed by atoms with Gasteiger partial charge in [0.1, 0.15) is 11.2 Å². The summed E-state index contributed by atoms with van der Waals surface area (Å²) in [6, 6.07) is 47.9. The summed E-state index contributed by atoms with van der Waals surface area (Å²) in [6.45, 7) is 0. The van der Waals surface area contributed by atoms with Crippen LogP contribution in [0.2, 0.25) is 0 Å². The smallest absolute Gasteiger partial charge is 0.136 e. The van der Waals surface area contributed by atoms with Crippen LogP contribution in [-0.2, 0) is 0 Å². The second-order valence-electron chi connectivity index (χ2n) is 11.0. The van der Waals surface area contributed by atoms with E-state index in [-0.39, 0.29) is 18.1 Å². The third kappa shape index (κ3) is 3.65. The van der Waals surface area contributed by atoms with Crippen molar-refractivity contribution in [2.45, 2.75) is 0 Å². The summed E-state index contributed by atoms with van der Waals surface area (Å²) >= 11 is 0. The highest BCUT2D eigenvalue weighted by Crippen LogP contribution is 2.45. The fourth-order valence-electron chi connectivity index (χ4n) is 6.81. The molecule has 43 heavy (non-hydrogen) atoms. The maximum absolute atomic E-state index is 9.19. The lowest BCUT2D eigenvalue weighted by Gasteiger charge is -2.18. The zero-order valence-corrected chi connectivity index (χ0v) is 23.2. The molecule has 0 aliphatic carbocycles. The van der Waals surface area contributed by atoms with Crippen molar-refractivity contribution in [1.82, 2.24) is 0 Å². The van der Waals surface area contributed by atoms with Gasteiger partial charge in [0.15, 0.2) is 0 Å². The predicted octanol–water partition coefficient (Wildman–Crippen LogP) is 12.0. The number of furan rings is 1. The van der Waals surface area contributed by atoms with Crippen LogP contribution in [0.1, 0.15) is 4.11 Å². The van der Waals surface area contributed by atoms with Crippen LogP contribution in [0.5, 0.6) is 0 Å². The first-order valence-electron chi connectivity index (χ1n) is 16.0. The lowest BCUT2D eigenvalue weighted by atomic mass is 9.85. The van der Waals surface area contributed by atoms with Crippen molar-refractivity contribution in [3.8, 4) is 33.4 Å². The average Bonchev–Trinajstić information content (AvgIpc) is 3.50. The summed E-state index contributed by atoms with van der Waals surface area (Å²) in [4.78, 5) is 0. The number of fused-ring (bicyclic) bond motifs is 7. The number of benzene rings is 8. The highest BCUT2D eigenvalue weighted by Gasteiger charge is 2.18. The second-order valence-corrected chi connectivity index (χ2v) is 11.0. The largest absolute Gasteiger partial charge is 0.456 e. The summed E-state index contributed by atoms with van der Waals surface area (Å²) in [7, 11) is 0. The molecule has 1 nitrogen and oxygen atoms in total. The van der Waals surface area contributed by atoms with Gasteiger partial charge in [-0.1, -0.05) is 139 Å². The summed E-state index contributed by atoms with van der Waals surface area (Å²) in [5.74, 6) is 0. The molecule has 0 aliphatic heterocycles. The quantitative estimate of drug-likeness (QED) is 0.200. The Labute approximate surface area is 253 Å². The third-order valence-corrected chi connectivity index (χ3v) is 8.63. The Morgan fingerprint density at radius 3 is 1.72 bits per heavy atom. The number of hydrogen-bond acceptors (Lipinski definition) is 1. The van der Waals surface area contributed by atoms with Crippen molar-refractivity contribution in [3.05, 3.63) is 158 Å². The highest BCUT2D eigenvalue weighted by atomic mass is 16.3. The Hall–Kier alpha value is -5.66. The Balaban J connectivity index is 1.38. The van der Waals surface area contributed by atoms with Crippen LogP contribution in [0, 0.1) is 0 Å². The van der Waals surface area contributed by atoms with Gasteiger partial charge in [0.2, 0.25) is 0 Å². The molecule has 0 fully saturated rings. The van der Waals surface area contributed by atoms with Crippen LogP contribution in [0.15, 0.2) is 162 Å². The molecule has 0 bridgehead atoms. The van der Waals surface area contributed by atoms with Crippen LogP contribution in [0.4, 0.5) is 0 Å². The van der Waals surface area contributed by atoms with Gasteiger partial charge in [0.25, 0.3) is 0 Å². The molecule has 0 saturated heterocycles. The molecule has 1 heteroatoms. The van der Waals surface area contributed by atoms with Gasteiger partial charge in [-0.3, -0.25) is 0 Å². The molecule has 8 aromatic carbocycles. The predicted molar refractivity (Wildman–Crippen MR) is 183 cm³/mol. The molecular formula is C42H26O. The van der Waals surface area contributed by atoms with E-state index >= 15 is 0 Å². The summed E-state index contributed by atoms with van der Waals surface area (Å²) in [5, 5.41) is 8.30. The van der Waals surface area contributed by atoms with E-state index in [1.54, 1.807) is 0 Å². The molecule has 0 unspecified atom stereocenters. The van der Waals surface area contributed by atoms with Crippen LogP contribution < -0.4 is 0 Å². The van der Waals surface area contributed by atoms with Crippen LogP contribution in [-0.4, -0.2) is 0 Å². The monoisotopic (exact) mass is 549 g/mol. The lowest BCUT2D eigenvalue weighted by molar-refractivity contribution is 0.669. The van der Waals surface area contributed by atoms with Crippen LogP contribution in [0.3, 0.4) is 0 Å². The molecule has 200 valence electrons. The molecule has 0 radical (unpaired) electrons. The van der Waals surface area contributed by atoms with E-state index in [9.17, 15) is 1.37 Å². The van der Waals surface area contributed by atoms with Gasteiger partial charge < -0.3 is 4.42 Å². The maximum Gasteiger partial charge on any atom is 0.136 e. The van der Waals surface area contributed by atoms with E-state index in [4.69, 9.17) is 7.16 Å². The summed E-state index contributed by atoms with van der Waals surface area (Å²) in [6.07, 6.45) is 0. The molecule has 0 saturated carbocycles. The van der Waals surface area contributed by atoms with Gasteiger partial charge in [-0.05, 0) is 83.9 Å². The van der Waals surface area contributed by atoms with Crippen molar-refractivity contribution >= 4 is 54.3 Å². The van der Waals surface area contributed by atoms with E-state index in [1.165, 1.54) is 21.9 Å². The summed E-state index contributed by atoms with van der Waals surface area (Å²) in [5.41, 5.74) is 6.96. The van der Waals surface area contributed by atoms with Crippen molar-refractivity contribution in [1.29, 1.82) is 0 Å². The van der Waals surface area contributed by atoms with Gasteiger partial charge >= 0.3 is 0 Å². The van der Waals surface area contributed by atoms with E-state index in [0.717, 1.165) is 43.6 Å². The normalized spacial score (nSPS) is 12.7. The van der Waals surface area contributed by atoms with Gasteiger partial charge in [-0.15, -0.1) is 0 Å². The van der Waals surface area contributed by atoms with Gasteiger partial charge in [-0.25, -0.2) is 0 Å². The molecular weight excluding hydrogens is 520 g/mol. The van der Waals surface area contributed by atoms with Crippen LogP contribution in [0.25, 0.3) is 87.6 Å². The molecule has 0 amide bonds. The Morgan fingerprint density at radius 2 is 1.00 bits per heavy atom. The first-order valence-corrected chi connectivity index (χ1v) is 14.5. The van der Waals surface area contributed by atoms with Gasteiger partial charge in [-0.2, -0.15) is 0 Å². The molecule has 9 aromatic rings. The minimum absolute atomic E-state index is 0.0272.